The van der Waals surface area contributed by atoms with Crippen molar-refractivity contribution in [2.24, 2.45) is 0 Å². The van der Waals surface area contributed by atoms with Gasteiger partial charge in [-0.25, -0.2) is 4.98 Å². The van der Waals surface area contributed by atoms with Gasteiger partial charge in [-0.05, 0) is 48.7 Å². The van der Waals surface area contributed by atoms with Gasteiger partial charge in [0.05, 0.1) is 16.9 Å². The zero-order valence-electron chi connectivity index (χ0n) is 17.7. The standard InChI is InChI=1S/C24H31ClN4O/c1-3-7-18(8-4-2)28-24-14-20(21(25)16-27-24)22-11-6-12-23(29-22)26-15-17-9-5-10-19(30)13-17/h5-6,9-14,16,18,24,27-28,30H,3-4,7-8,15H2,1-2H3,(H,26,29). The van der Waals surface area contributed by atoms with Crippen molar-refractivity contribution < 1.29 is 5.11 Å². The fourth-order valence-electron chi connectivity index (χ4n) is 3.64. The summed E-state index contributed by atoms with van der Waals surface area (Å²) in [5.41, 5.74) is 2.73. The van der Waals surface area contributed by atoms with Crippen LogP contribution in [0.3, 0.4) is 0 Å². The monoisotopic (exact) mass is 426 g/mol. The molecule has 0 radical (unpaired) electrons. The molecule has 1 atom stereocenters. The Bertz CT molecular complexity index is 890. The number of anilines is 1. The first-order valence-electron chi connectivity index (χ1n) is 10.7. The molecule has 4 N–H and O–H groups in total. The maximum atomic E-state index is 9.62. The molecule has 0 saturated heterocycles. The van der Waals surface area contributed by atoms with Crippen LogP contribution < -0.4 is 16.0 Å². The van der Waals surface area contributed by atoms with E-state index in [2.05, 4.69) is 35.9 Å². The summed E-state index contributed by atoms with van der Waals surface area (Å²) in [6.45, 7) is 5.01. The van der Waals surface area contributed by atoms with E-state index in [1.165, 1.54) is 0 Å². The van der Waals surface area contributed by atoms with Crippen LogP contribution in [0.2, 0.25) is 0 Å². The Balaban J connectivity index is 1.72. The zero-order chi connectivity index (χ0) is 21.3. The summed E-state index contributed by atoms with van der Waals surface area (Å²) in [6.07, 6.45) is 8.60. The summed E-state index contributed by atoms with van der Waals surface area (Å²) in [4.78, 5) is 4.75. The highest BCUT2D eigenvalue weighted by Crippen LogP contribution is 2.28. The van der Waals surface area contributed by atoms with Gasteiger partial charge in [0.25, 0.3) is 0 Å². The Hall–Kier alpha value is -2.50. The average Bonchev–Trinajstić information content (AvgIpc) is 2.74. The van der Waals surface area contributed by atoms with E-state index in [9.17, 15) is 5.11 Å². The van der Waals surface area contributed by atoms with Crippen molar-refractivity contribution in [2.45, 2.75) is 58.3 Å². The van der Waals surface area contributed by atoms with E-state index in [-0.39, 0.29) is 11.9 Å². The van der Waals surface area contributed by atoms with Gasteiger partial charge in [-0.3, -0.25) is 5.32 Å². The number of nitrogens with zero attached hydrogens (tertiary/aromatic N) is 1. The number of phenols is 1. The largest absolute Gasteiger partial charge is 0.508 e. The first kappa shape index (κ1) is 22.2. The van der Waals surface area contributed by atoms with Crippen LogP contribution in [0.15, 0.2) is 59.8 Å². The Kier molecular flexibility index (Phi) is 8.17. The van der Waals surface area contributed by atoms with E-state index in [0.717, 1.165) is 48.3 Å². The van der Waals surface area contributed by atoms with Gasteiger partial charge in [-0.1, -0.05) is 56.5 Å². The second-order valence-electron chi connectivity index (χ2n) is 7.59. The maximum absolute atomic E-state index is 9.62. The minimum atomic E-state index is 0.0244. The molecular formula is C24H31ClN4O. The predicted molar refractivity (Wildman–Crippen MR) is 125 cm³/mol. The molecular weight excluding hydrogens is 396 g/mol. The second-order valence-corrected chi connectivity index (χ2v) is 8.00. The number of phenolic OH excluding ortho intramolecular Hbond substituents is 1. The molecule has 1 aromatic carbocycles. The fourth-order valence-corrected chi connectivity index (χ4v) is 3.87. The molecule has 1 aliphatic rings. The number of hydrogen-bond donors (Lipinski definition) is 4. The van der Waals surface area contributed by atoms with Gasteiger partial charge in [0.15, 0.2) is 0 Å². The topological polar surface area (TPSA) is 69.2 Å². The van der Waals surface area contributed by atoms with Crippen LogP contribution in [0.5, 0.6) is 5.75 Å². The molecule has 0 saturated carbocycles. The molecule has 160 valence electrons. The number of halogens is 1. The van der Waals surface area contributed by atoms with Crippen LogP contribution in [-0.2, 0) is 6.54 Å². The normalized spacial score (nSPS) is 16.1. The van der Waals surface area contributed by atoms with Crippen molar-refractivity contribution in [2.75, 3.05) is 5.32 Å². The number of benzene rings is 1. The van der Waals surface area contributed by atoms with E-state index in [1.807, 2.05) is 36.5 Å². The first-order chi connectivity index (χ1) is 14.6. The lowest BCUT2D eigenvalue weighted by atomic mass is 10.0. The molecule has 1 aromatic heterocycles. The van der Waals surface area contributed by atoms with Gasteiger partial charge in [-0.2, -0.15) is 0 Å². The molecule has 2 heterocycles. The molecule has 0 aliphatic carbocycles. The number of allylic oxidation sites excluding steroid dienone is 2. The molecule has 0 spiro atoms. The van der Waals surface area contributed by atoms with Crippen LogP contribution >= 0.6 is 11.6 Å². The minimum Gasteiger partial charge on any atom is -0.508 e. The Morgan fingerprint density at radius 3 is 2.63 bits per heavy atom. The number of rotatable bonds is 10. The molecule has 6 heteroatoms. The minimum absolute atomic E-state index is 0.0244. The summed E-state index contributed by atoms with van der Waals surface area (Å²) in [5.74, 6) is 1.02. The van der Waals surface area contributed by atoms with Gasteiger partial charge in [0, 0.05) is 24.4 Å². The van der Waals surface area contributed by atoms with Crippen molar-refractivity contribution in [1.82, 2.24) is 15.6 Å². The summed E-state index contributed by atoms with van der Waals surface area (Å²) >= 11 is 6.50. The Morgan fingerprint density at radius 2 is 1.90 bits per heavy atom. The van der Waals surface area contributed by atoms with Gasteiger partial charge in [0.1, 0.15) is 11.6 Å². The number of hydrogen-bond acceptors (Lipinski definition) is 5. The highest BCUT2D eigenvalue weighted by atomic mass is 35.5. The molecule has 2 aromatic rings. The van der Waals surface area contributed by atoms with Crippen LogP contribution in [-0.4, -0.2) is 22.3 Å². The van der Waals surface area contributed by atoms with Crippen molar-refractivity contribution in [3.63, 3.8) is 0 Å². The highest BCUT2D eigenvalue weighted by Gasteiger charge is 2.19. The summed E-state index contributed by atoms with van der Waals surface area (Å²) < 4.78 is 0. The first-order valence-corrected chi connectivity index (χ1v) is 11.1. The third-order valence-corrected chi connectivity index (χ3v) is 5.39. The number of aromatic nitrogens is 1. The van der Waals surface area contributed by atoms with E-state index < -0.39 is 0 Å². The van der Waals surface area contributed by atoms with Crippen molar-refractivity contribution >= 4 is 23.0 Å². The molecule has 30 heavy (non-hydrogen) atoms. The van der Waals surface area contributed by atoms with Gasteiger partial charge in [0.2, 0.25) is 0 Å². The molecule has 3 rings (SSSR count). The number of pyridine rings is 1. The van der Waals surface area contributed by atoms with E-state index in [1.54, 1.807) is 12.1 Å². The lowest BCUT2D eigenvalue weighted by Gasteiger charge is -2.27. The van der Waals surface area contributed by atoms with Crippen LogP contribution in [0.25, 0.3) is 5.57 Å². The SMILES string of the molecule is CCCC(CCC)NC1C=C(c2cccc(NCc3cccc(O)c3)n2)C(Cl)=CN1. The third-order valence-electron chi connectivity index (χ3n) is 5.08. The van der Waals surface area contributed by atoms with Crippen LogP contribution in [0.1, 0.15) is 50.8 Å². The third kappa shape index (κ3) is 6.25. The van der Waals surface area contributed by atoms with E-state index in [0.29, 0.717) is 17.6 Å². The summed E-state index contributed by atoms with van der Waals surface area (Å²) in [7, 11) is 0. The fraction of sp³-hybridized carbons (Fsp3) is 0.375. The number of aromatic hydroxyl groups is 1. The molecule has 5 nitrogen and oxygen atoms in total. The maximum Gasteiger partial charge on any atom is 0.126 e. The second kappa shape index (κ2) is 11.0. The van der Waals surface area contributed by atoms with Crippen molar-refractivity contribution in [3.8, 4) is 5.75 Å². The lowest BCUT2D eigenvalue weighted by molar-refractivity contribution is 0.397. The molecule has 0 fully saturated rings. The van der Waals surface area contributed by atoms with Gasteiger partial charge < -0.3 is 15.7 Å². The molecule has 1 aliphatic heterocycles. The average molecular weight is 427 g/mol. The Labute approximate surface area is 184 Å². The summed E-state index contributed by atoms with van der Waals surface area (Å²) in [6, 6.07) is 13.5. The van der Waals surface area contributed by atoms with Gasteiger partial charge in [-0.15, -0.1) is 0 Å². The zero-order valence-corrected chi connectivity index (χ0v) is 18.4. The lowest BCUT2D eigenvalue weighted by Crippen LogP contribution is -2.45. The predicted octanol–water partition coefficient (Wildman–Crippen LogP) is 5.35. The van der Waals surface area contributed by atoms with Crippen LogP contribution in [0, 0.1) is 0 Å². The smallest absolute Gasteiger partial charge is 0.126 e. The van der Waals surface area contributed by atoms with Gasteiger partial charge >= 0.3 is 0 Å². The quantitative estimate of drug-likeness (QED) is 0.412. The van der Waals surface area contributed by atoms with Crippen molar-refractivity contribution in [1.29, 1.82) is 0 Å². The molecule has 1 unspecified atom stereocenters. The highest BCUT2D eigenvalue weighted by molar-refractivity contribution is 6.37. The van der Waals surface area contributed by atoms with E-state index >= 15 is 0 Å². The Morgan fingerprint density at radius 1 is 1.13 bits per heavy atom. The van der Waals surface area contributed by atoms with Crippen molar-refractivity contribution in [3.05, 3.63) is 71.0 Å². The van der Waals surface area contributed by atoms with E-state index in [4.69, 9.17) is 16.6 Å². The molecule has 0 amide bonds. The number of nitrogens with one attached hydrogen (secondary N) is 3. The van der Waals surface area contributed by atoms with Crippen LogP contribution in [0.4, 0.5) is 5.82 Å². The number of dihydropyridines is 1. The molecule has 0 bridgehead atoms. The summed E-state index contributed by atoms with van der Waals surface area (Å²) in [5, 5.41) is 20.6.